The van der Waals surface area contributed by atoms with Gasteiger partial charge in [0, 0.05) is 11.3 Å². The molecule has 0 spiro atoms. The van der Waals surface area contributed by atoms with Crippen molar-refractivity contribution in [2.75, 3.05) is 7.11 Å². The lowest BCUT2D eigenvalue weighted by Crippen LogP contribution is -2.45. The number of methoxy groups -OCH3 is 1. The first-order valence-electron chi connectivity index (χ1n) is 9.73. The fraction of sp³-hybridized carbons (Fsp3) is 0.524. The zero-order valence-corrected chi connectivity index (χ0v) is 16.8. The molecule has 0 aromatic heterocycles. The van der Waals surface area contributed by atoms with Crippen molar-refractivity contribution in [3.8, 4) is 11.5 Å². The van der Waals surface area contributed by atoms with Crippen LogP contribution in [0.5, 0.6) is 11.5 Å². The van der Waals surface area contributed by atoms with E-state index in [0.29, 0.717) is 28.3 Å². The normalized spacial score (nSPS) is 20.0. The minimum atomic E-state index is -0.688. The maximum atomic E-state index is 13.0. The van der Waals surface area contributed by atoms with E-state index in [-0.39, 0.29) is 18.2 Å². The maximum absolute atomic E-state index is 13.0. The molecule has 1 fully saturated rings. The van der Waals surface area contributed by atoms with Gasteiger partial charge in [0.15, 0.2) is 11.5 Å². The van der Waals surface area contributed by atoms with E-state index < -0.39 is 12.0 Å². The van der Waals surface area contributed by atoms with Crippen LogP contribution in [0.25, 0.3) is 0 Å². The molecule has 1 atom stereocenters. The van der Waals surface area contributed by atoms with E-state index >= 15 is 0 Å². The summed E-state index contributed by atoms with van der Waals surface area (Å²) in [6.45, 7) is 5.53. The number of carbonyl (C=O) groups is 2. The SMILES string of the molecule is COc1cccc(C2NC(=O)NC(C)=C2C(=O)OC2CCCC2)c1OC(C)C. The Morgan fingerprint density at radius 1 is 1.21 bits per heavy atom. The Hall–Kier alpha value is -2.70. The van der Waals surface area contributed by atoms with Gasteiger partial charge in [-0.3, -0.25) is 0 Å². The highest BCUT2D eigenvalue weighted by atomic mass is 16.5. The van der Waals surface area contributed by atoms with Crippen LogP contribution in [0.3, 0.4) is 0 Å². The van der Waals surface area contributed by atoms with Crippen LogP contribution in [0.2, 0.25) is 0 Å². The third kappa shape index (κ3) is 4.24. The van der Waals surface area contributed by atoms with Gasteiger partial charge in [0.2, 0.25) is 0 Å². The van der Waals surface area contributed by atoms with Crippen molar-refractivity contribution in [1.82, 2.24) is 10.6 Å². The van der Waals surface area contributed by atoms with Gasteiger partial charge in [0.05, 0.1) is 24.8 Å². The van der Waals surface area contributed by atoms with Gasteiger partial charge in [0.25, 0.3) is 0 Å². The highest BCUT2D eigenvalue weighted by Gasteiger charge is 2.36. The molecule has 1 unspecified atom stereocenters. The first kappa shape index (κ1) is 20.0. The van der Waals surface area contributed by atoms with Crippen molar-refractivity contribution in [1.29, 1.82) is 0 Å². The number of para-hydroxylation sites is 1. The van der Waals surface area contributed by atoms with Gasteiger partial charge in [-0.05, 0) is 52.5 Å². The predicted octanol–water partition coefficient (Wildman–Crippen LogP) is 3.60. The lowest BCUT2D eigenvalue weighted by Gasteiger charge is -2.30. The number of nitrogens with one attached hydrogen (secondary N) is 2. The average molecular weight is 388 g/mol. The summed E-state index contributed by atoms with van der Waals surface area (Å²) < 4.78 is 17.2. The maximum Gasteiger partial charge on any atom is 0.338 e. The molecule has 0 bridgehead atoms. The molecule has 2 amide bonds. The van der Waals surface area contributed by atoms with E-state index in [9.17, 15) is 9.59 Å². The summed E-state index contributed by atoms with van der Waals surface area (Å²) in [5.74, 6) is 0.631. The monoisotopic (exact) mass is 388 g/mol. The molecule has 2 aliphatic rings. The molecule has 3 rings (SSSR count). The minimum absolute atomic E-state index is 0.0669. The number of amides is 2. The predicted molar refractivity (Wildman–Crippen MR) is 104 cm³/mol. The van der Waals surface area contributed by atoms with Gasteiger partial charge in [-0.25, -0.2) is 9.59 Å². The number of carbonyl (C=O) groups excluding carboxylic acids is 2. The van der Waals surface area contributed by atoms with E-state index in [4.69, 9.17) is 14.2 Å². The van der Waals surface area contributed by atoms with Crippen LogP contribution in [-0.2, 0) is 9.53 Å². The Bertz CT molecular complexity index is 781. The standard InChI is InChI=1S/C21H28N2O5/c1-12(2)27-19-15(10-7-11-16(19)26-4)18-17(13(3)22-21(25)23-18)20(24)28-14-8-5-6-9-14/h7,10-12,14,18H,5-6,8-9H2,1-4H3,(H2,22,23,25). The van der Waals surface area contributed by atoms with Crippen LogP contribution in [0.15, 0.2) is 29.5 Å². The summed E-state index contributed by atoms with van der Waals surface area (Å²) in [4.78, 5) is 25.2. The minimum Gasteiger partial charge on any atom is -0.493 e. The van der Waals surface area contributed by atoms with E-state index in [0.717, 1.165) is 25.7 Å². The smallest absolute Gasteiger partial charge is 0.338 e. The van der Waals surface area contributed by atoms with E-state index in [1.54, 1.807) is 20.1 Å². The molecule has 28 heavy (non-hydrogen) atoms. The van der Waals surface area contributed by atoms with Crippen molar-refractivity contribution in [3.05, 3.63) is 35.0 Å². The van der Waals surface area contributed by atoms with Crippen LogP contribution < -0.4 is 20.1 Å². The summed E-state index contributed by atoms with van der Waals surface area (Å²) in [5.41, 5.74) is 1.52. The highest BCUT2D eigenvalue weighted by molar-refractivity contribution is 5.95. The van der Waals surface area contributed by atoms with Crippen molar-refractivity contribution >= 4 is 12.0 Å². The Kier molecular flexibility index (Phi) is 6.11. The van der Waals surface area contributed by atoms with Crippen molar-refractivity contribution < 1.29 is 23.8 Å². The van der Waals surface area contributed by atoms with Gasteiger partial charge < -0.3 is 24.8 Å². The van der Waals surface area contributed by atoms with Crippen LogP contribution in [0.4, 0.5) is 4.79 Å². The largest absolute Gasteiger partial charge is 0.493 e. The third-order valence-corrected chi connectivity index (χ3v) is 4.96. The number of hydrogen-bond donors (Lipinski definition) is 2. The number of ether oxygens (including phenoxy) is 3. The summed E-state index contributed by atoms with van der Waals surface area (Å²) in [7, 11) is 1.56. The summed E-state index contributed by atoms with van der Waals surface area (Å²) in [5, 5.41) is 5.52. The zero-order chi connectivity index (χ0) is 20.3. The van der Waals surface area contributed by atoms with Crippen molar-refractivity contribution in [3.63, 3.8) is 0 Å². The number of allylic oxidation sites excluding steroid dienone is 1. The van der Waals surface area contributed by atoms with E-state index in [2.05, 4.69) is 10.6 Å². The zero-order valence-electron chi connectivity index (χ0n) is 16.8. The highest BCUT2D eigenvalue weighted by Crippen LogP contribution is 2.40. The molecule has 1 aromatic carbocycles. The Labute approximate surface area is 165 Å². The Morgan fingerprint density at radius 2 is 1.93 bits per heavy atom. The molecule has 1 aliphatic carbocycles. The topological polar surface area (TPSA) is 85.9 Å². The lowest BCUT2D eigenvalue weighted by molar-refractivity contribution is -0.144. The van der Waals surface area contributed by atoms with Gasteiger partial charge in [0.1, 0.15) is 6.10 Å². The average Bonchev–Trinajstić information content (AvgIpc) is 3.13. The fourth-order valence-corrected chi connectivity index (χ4v) is 3.70. The van der Waals surface area contributed by atoms with E-state index in [1.807, 2.05) is 26.0 Å². The first-order valence-corrected chi connectivity index (χ1v) is 9.73. The summed E-state index contributed by atoms with van der Waals surface area (Å²) in [6, 6.07) is 4.36. The van der Waals surface area contributed by atoms with Gasteiger partial charge in [-0.1, -0.05) is 12.1 Å². The molecular formula is C21H28N2O5. The molecule has 1 heterocycles. The second kappa shape index (κ2) is 8.54. The number of benzene rings is 1. The Balaban J connectivity index is 2.01. The molecular weight excluding hydrogens is 360 g/mol. The molecule has 152 valence electrons. The number of esters is 1. The second-order valence-corrected chi connectivity index (χ2v) is 7.43. The molecule has 1 saturated carbocycles. The number of hydrogen-bond acceptors (Lipinski definition) is 5. The molecule has 7 nitrogen and oxygen atoms in total. The molecule has 0 saturated heterocycles. The quantitative estimate of drug-likeness (QED) is 0.728. The van der Waals surface area contributed by atoms with Crippen LogP contribution >= 0.6 is 0 Å². The molecule has 7 heteroatoms. The number of rotatable bonds is 6. The van der Waals surface area contributed by atoms with Crippen molar-refractivity contribution in [2.45, 2.75) is 64.7 Å². The second-order valence-electron chi connectivity index (χ2n) is 7.43. The molecule has 0 radical (unpaired) electrons. The Morgan fingerprint density at radius 3 is 2.57 bits per heavy atom. The van der Waals surface area contributed by atoms with Crippen LogP contribution in [-0.4, -0.2) is 31.3 Å². The number of urea groups is 1. The lowest BCUT2D eigenvalue weighted by atomic mass is 9.94. The van der Waals surface area contributed by atoms with E-state index in [1.165, 1.54) is 0 Å². The van der Waals surface area contributed by atoms with Gasteiger partial charge in [-0.2, -0.15) is 0 Å². The van der Waals surface area contributed by atoms with Crippen molar-refractivity contribution in [2.24, 2.45) is 0 Å². The third-order valence-electron chi connectivity index (χ3n) is 4.96. The molecule has 1 aromatic rings. The van der Waals surface area contributed by atoms with Gasteiger partial charge >= 0.3 is 12.0 Å². The fourth-order valence-electron chi connectivity index (χ4n) is 3.70. The summed E-state index contributed by atoms with van der Waals surface area (Å²) in [6.07, 6.45) is 3.72. The van der Waals surface area contributed by atoms with Crippen LogP contribution in [0.1, 0.15) is 58.1 Å². The summed E-state index contributed by atoms with van der Waals surface area (Å²) >= 11 is 0. The van der Waals surface area contributed by atoms with Crippen LogP contribution in [0, 0.1) is 0 Å². The van der Waals surface area contributed by atoms with Gasteiger partial charge in [-0.15, -0.1) is 0 Å². The molecule has 1 aliphatic heterocycles. The first-order chi connectivity index (χ1) is 13.4. The molecule has 2 N–H and O–H groups in total.